The van der Waals surface area contributed by atoms with Crippen LogP contribution in [0.15, 0.2) is 36.5 Å². The van der Waals surface area contributed by atoms with E-state index in [1.165, 1.54) is 0 Å². The van der Waals surface area contributed by atoms with E-state index in [1.807, 2.05) is 28.9 Å². The first-order chi connectivity index (χ1) is 10.2. The smallest absolute Gasteiger partial charge is 0.264 e. The molecule has 0 aliphatic heterocycles. The van der Waals surface area contributed by atoms with Crippen LogP contribution in [0.25, 0.3) is 5.65 Å². The van der Waals surface area contributed by atoms with Crippen molar-refractivity contribution in [3.63, 3.8) is 0 Å². The molecule has 0 saturated heterocycles. The van der Waals surface area contributed by atoms with Crippen LogP contribution in [0.4, 0.5) is 0 Å². The van der Waals surface area contributed by atoms with Gasteiger partial charge in [-0.1, -0.05) is 23.7 Å². The molecular weight excluding hydrogens is 288 g/mol. The Morgan fingerprint density at radius 3 is 2.86 bits per heavy atom. The molecule has 0 N–H and O–H groups in total. The van der Waals surface area contributed by atoms with Gasteiger partial charge in [-0.2, -0.15) is 0 Å². The van der Waals surface area contributed by atoms with Crippen LogP contribution in [-0.2, 0) is 6.42 Å². The van der Waals surface area contributed by atoms with Gasteiger partial charge >= 0.3 is 0 Å². The van der Waals surface area contributed by atoms with Gasteiger partial charge in [0, 0.05) is 23.8 Å². The van der Waals surface area contributed by atoms with E-state index in [-0.39, 0.29) is 6.01 Å². The lowest BCUT2D eigenvalue weighted by atomic mass is 10.1. The highest BCUT2D eigenvalue weighted by atomic mass is 35.5. The van der Waals surface area contributed by atoms with Gasteiger partial charge in [0.25, 0.3) is 5.65 Å². The Balaban J connectivity index is 1.79. The van der Waals surface area contributed by atoms with Crippen molar-refractivity contribution in [2.45, 2.75) is 25.3 Å². The predicted octanol–water partition coefficient (Wildman–Crippen LogP) is 1.67. The fourth-order valence-electron chi connectivity index (χ4n) is 2.58. The molecule has 3 heterocycles. The highest BCUT2D eigenvalue weighted by Gasteiger charge is 2.33. The topological polar surface area (TPSA) is 57.9 Å². The molecule has 1 aliphatic rings. The number of rotatable bonds is 3. The van der Waals surface area contributed by atoms with Crippen molar-refractivity contribution >= 4 is 17.2 Å². The van der Waals surface area contributed by atoms with E-state index in [1.54, 1.807) is 16.7 Å². The van der Waals surface area contributed by atoms with Crippen LogP contribution in [0.1, 0.15) is 30.1 Å². The largest absolute Gasteiger partial charge is 0.817 e. The van der Waals surface area contributed by atoms with Gasteiger partial charge in [0.05, 0.1) is 5.69 Å². The van der Waals surface area contributed by atoms with Gasteiger partial charge in [-0.3, -0.25) is 0 Å². The molecule has 3 aromatic rings. The Morgan fingerprint density at radius 1 is 1.29 bits per heavy atom. The Hall–Kier alpha value is -2.14. The maximum absolute atomic E-state index is 12.2. The van der Waals surface area contributed by atoms with E-state index in [9.17, 15) is 5.11 Å². The molecule has 5 nitrogen and oxygen atoms in total. The molecule has 0 atom stereocenters. The number of aromatic nitrogens is 4. The first-order valence-electron chi connectivity index (χ1n) is 6.92. The standard InChI is InChI=1S/C15H13ClN4O/c16-13-7-4-10(9-17-13)8-12-2-1-3-14-19(12)15(21)18-20(14)11-5-6-11/h1-4,7,9,11H,5-6,8H2. The average molecular weight is 301 g/mol. The summed E-state index contributed by atoms with van der Waals surface area (Å²) >= 11 is 5.80. The van der Waals surface area contributed by atoms with E-state index in [0.717, 1.165) is 29.7 Å². The molecule has 6 heteroatoms. The number of hydrogen-bond donors (Lipinski definition) is 0. The van der Waals surface area contributed by atoms with Gasteiger partial charge in [-0.15, -0.1) is 4.68 Å². The molecule has 1 fully saturated rings. The molecule has 0 bridgehead atoms. The van der Waals surface area contributed by atoms with Crippen molar-refractivity contribution < 1.29 is 9.51 Å². The van der Waals surface area contributed by atoms with Gasteiger partial charge < -0.3 is 5.11 Å². The second-order valence-corrected chi connectivity index (χ2v) is 5.72. The summed E-state index contributed by atoms with van der Waals surface area (Å²) in [5, 5.41) is 16.8. The predicted molar refractivity (Wildman–Crippen MR) is 75.2 cm³/mol. The maximum Gasteiger partial charge on any atom is 0.264 e. The van der Waals surface area contributed by atoms with Crippen LogP contribution in [0.2, 0.25) is 5.15 Å². The van der Waals surface area contributed by atoms with Gasteiger partial charge in [0.1, 0.15) is 11.2 Å². The molecule has 0 unspecified atom stereocenters. The third-order valence-corrected chi connectivity index (χ3v) is 3.96. The summed E-state index contributed by atoms with van der Waals surface area (Å²) in [5.41, 5.74) is 2.79. The lowest BCUT2D eigenvalue weighted by Gasteiger charge is -2.04. The molecule has 0 radical (unpaired) electrons. The molecule has 1 saturated carbocycles. The maximum atomic E-state index is 12.2. The molecule has 106 valence electrons. The zero-order chi connectivity index (χ0) is 14.4. The minimum atomic E-state index is -0.213. The molecule has 3 aromatic heterocycles. The molecule has 0 spiro atoms. The highest BCUT2D eigenvalue weighted by Crippen LogP contribution is 2.35. The van der Waals surface area contributed by atoms with Crippen LogP contribution in [0.5, 0.6) is 6.01 Å². The lowest BCUT2D eigenvalue weighted by Crippen LogP contribution is -2.30. The minimum Gasteiger partial charge on any atom is -0.817 e. The third-order valence-electron chi connectivity index (χ3n) is 3.74. The molecule has 4 rings (SSSR count). The van der Waals surface area contributed by atoms with Crippen LogP contribution in [0, 0.1) is 0 Å². The summed E-state index contributed by atoms with van der Waals surface area (Å²) in [6, 6.07) is 9.70. The van der Waals surface area contributed by atoms with Crippen LogP contribution in [0.3, 0.4) is 0 Å². The van der Waals surface area contributed by atoms with Crippen molar-refractivity contribution in [1.82, 2.24) is 14.8 Å². The second kappa shape index (κ2) is 4.70. The van der Waals surface area contributed by atoms with Gasteiger partial charge in [-0.05, 0) is 30.5 Å². The first kappa shape index (κ1) is 12.6. The molecule has 0 aromatic carbocycles. The molecule has 21 heavy (non-hydrogen) atoms. The van der Waals surface area contributed by atoms with E-state index in [4.69, 9.17) is 11.6 Å². The van der Waals surface area contributed by atoms with E-state index < -0.39 is 0 Å². The summed E-state index contributed by atoms with van der Waals surface area (Å²) in [7, 11) is 0. The number of fused-ring (bicyclic) bond motifs is 1. The third kappa shape index (κ3) is 2.23. The molecular formula is C15H13ClN4O. The van der Waals surface area contributed by atoms with Crippen LogP contribution in [-0.4, -0.2) is 14.8 Å². The number of pyridine rings is 2. The summed E-state index contributed by atoms with van der Waals surface area (Å²) < 4.78 is 3.54. The number of nitrogens with zero attached hydrogens (tertiary/aromatic N) is 4. The summed E-state index contributed by atoms with van der Waals surface area (Å²) in [4.78, 5) is 4.08. The van der Waals surface area contributed by atoms with Crippen LogP contribution >= 0.6 is 11.6 Å². The first-order valence-corrected chi connectivity index (χ1v) is 7.30. The molecule has 0 amide bonds. The fourth-order valence-corrected chi connectivity index (χ4v) is 2.69. The normalized spacial score (nSPS) is 14.7. The number of hydrogen-bond acceptors (Lipinski definition) is 3. The summed E-state index contributed by atoms with van der Waals surface area (Å²) in [5.74, 6) is 0. The Bertz CT molecular complexity index is 808. The highest BCUT2D eigenvalue weighted by molar-refractivity contribution is 6.29. The van der Waals surface area contributed by atoms with Gasteiger partial charge in [0.15, 0.2) is 0 Å². The average Bonchev–Trinajstić information content (AvgIpc) is 3.27. The zero-order valence-electron chi connectivity index (χ0n) is 11.2. The quantitative estimate of drug-likeness (QED) is 0.546. The fraction of sp³-hybridized carbons (Fsp3) is 0.267. The van der Waals surface area contributed by atoms with Crippen molar-refractivity contribution in [2.75, 3.05) is 0 Å². The zero-order valence-corrected chi connectivity index (χ0v) is 12.0. The SMILES string of the molecule is [O-]c1nn(C2CC2)c2cccc(Cc3ccc(Cl)nc3)[n+]12. The Morgan fingerprint density at radius 2 is 2.14 bits per heavy atom. The van der Waals surface area contributed by atoms with E-state index >= 15 is 0 Å². The van der Waals surface area contributed by atoms with Crippen molar-refractivity contribution in [2.24, 2.45) is 0 Å². The minimum absolute atomic E-state index is 0.213. The number of halogens is 1. The van der Waals surface area contributed by atoms with Gasteiger partial charge in [-0.25, -0.2) is 9.38 Å². The van der Waals surface area contributed by atoms with Crippen molar-refractivity contribution in [3.8, 4) is 6.01 Å². The molecule has 1 aliphatic carbocycles. The van der Waals surface area contributed by atoms with E-state index in [0.29, 0.717) is 17.6 Å². The monoisotopic (exact) mass is 300 g/mol. The summed E-state index contributed by atoms with van der Waals surface area (Å²) in [6.45, 7) is 0. The van der Waals surface area contributed by atoms with E-state index in [2.05, 4.69) is 10.1 Å². The van der Waals surface area contributed by atoms with Crippen molar-refractivity contribution in [3.05, 3.63) is 52.9 Å². The Labute approximate surface area is 126 Å². The second-order valence-electron chi connectivity index (χ2n) is 5.33. The van der Waals surface area contributed by atoms with Crippen molar-refractivity contribution in [1.29, 1.82) is 0 Å². The Kier molecular flexibility index (Phi) is 2.82. The van der Waals surface area contributed by atoms with Gasteiger partial charge in [0.2, 0.25) is 6.01 Å². The summed E-state index contributed by atoms with van der Waals surface area (Å²) in [6.07, 6.45) is 4.56. The van der Waals surface area contributed by atoms with Crippen LogP contribution < -0.4 is 9.51 Å². The lowest BCUT2D eigenvalue weighted by molar-refractivity contribution is -0.592.